The van der Waals surface area contributed by atoms with E-state index in [4.69, 9.17) is 16.3 Å². The van der Waals surface area contributed by atoms with Gasteiger partial charge in [-0.3, -0.25) is 0 Å². The molecule has 0 aromatic heterocycles. The largest absolute Gasteiger partial charge is 0.453 e. The van der Waals surface area contributed by atoms with Gasteiger partial charge >= 0.3 is 0 Å². The quantitative estimate of drug-likeness (QED) is 0.809. The van der Waals surface area contributed by atoms with Crippen molar-refractivity contribution in [1.29, 1.82) is 0 Å². The maximum absolute atomic E-state index is 6.19. The van der Waals surface area contributed by atoms with Crippen LogP contribution in [0.25, 0.3) is 0 Å². The second-order valence-electron chi connectivity index (χ2n) is 6.81. The molecule has 2 saturated heterocycles. The van der Waals surface area contributed by atoms with Crippen LogP contribution in [-0.4, -0.2) is 18.1 Å². The zero-order valence-electron chi connectivity index (χ0n) is 12.8. The smallest absolute Gasteiger partial charge is 0.152 e. The van der Waals surface area contributed by atoms with Gasteiger partial charge in [-0.1, -0.05) is 23.7 Å². The highest BCUT2D eigenvalue weighted by molar-refractivity contribution is 6.30. The Hall–Kier alpha value is -1.71. The topological polar surface area (TPSA) is 24.5 Å². The second-order valence-corrected chi connectivity index (χ2v) is 7.25. The van der Waals surface area contributed by atoms with E-state index in [1.54, 1.807) is 0 Å². The number of rotatable bonds is 1. The van der Waals surface area contributed by atoms with Crippen LogP contribution in [0.3, 0.4) is 0 Å². The summed E-state index contributed by atoms with van der Waals surface area (Å²) in [6, 6.07) is 16.1. The maximum Gasteiger partial charge on any atom is 0.152 e. The molecule has 0 aliphatic carbocycles. The van der Waals surface area contributed by atoms with E-state index >= 15 is 0 Å². The minimum Gasteiger partial charge on any atom is -0.453 e. The zero-order chi connectivity index (χ0) is 15.4. The van der Waals surface area contributed by atoms with E-state index in [-0.39, 0.29) is 0 Å². The highest BCUT2D eigenvalue weighted by atomic mass is 35.5. The molecule has 2 atom stereocenters. The predicted molar refractivity (Wildman–Crippen MR) is 93.1 cm³/mol. The molecule has 3 aliphatic heterocycles. The molecule has 2 aromatic carbocycles. The molecule has 0 spiro atoms. The Morgan fingerprint density at radius 3 is 2.52 bits per heavy atom. The van der Waals surface area contributed by atoms with Crippen LogP contribution in [0.15, 0.2) is 42.5 Å². The molecule has 2 fully saturated rings. The molecule has 0 radical (unpaired) electrons. The van der Waals surface area contributed by atoms with Crippen LogP contribution in [0.5, 0.6) is 11.5 Å². The first-order valence-electron chi connectivity index (χ1n) is 8.39. The van der Waals surface area contributed by atoms with Crippen molar-refractivity contribution in [3.63, 3.8) is 0 Å². The molecule has 0 amide bonds. The fraction of sp³-hybridized carbons (Fsp3) is 0.368. The molecular formula is C19H19ClN2O. The third-order valence-corrected chi connectivity index (χ3v) is 5.57. The summed E-state index contributed by atoms with van der Waals surface area (Å²) in [7, 11) is 0. The Bertz CT molecular complexity index is 751. The monoisotopic (exact) mass is 326 g/mol. The molecular weight excluding hydrogens is 308 g/mol. The van der Waals surface area contributed by atoms with Crippen LogP contribution < -0.4 is 15.0 Å². The summed E-state index contributed by atoms with van der Waals surface area (Å²) < 4.78 is 6.11. The van der Waals surface area contributed by atoms with Crippen LogP contribution in [0.1, 0.15) is 25.7 Å². The molecule has 118 valence electrons. The van der Waals surface area contributed by atoms with E-state index in [0.717, 1.165) is 17.2 Å². The first kappa shape index (κ1) is 13.7. The van der Waals surface area contributed by atoms with Crippen molar-refractivity contribution in [1.82, 2.24) is 5.32 Å². The molecule has 2 unspecified atom stereocenters. The number of piperidine rings is 1. The van der Waals surface area contributed by atoms with E-state index in [2.05, 4.69) is 28.4 Å². The molecule has 23 heavy (non-hydrogen) atoms. The van der Waals surface area contributed by atoms with Gasteiger partial charge in [0.05, 0.1) is 11.4 Å². The van der Waals surface area contributed by atoms with E-state index < -0.39 is 0 Å². The first-order chi connectivity index (χ1) is 11.3. The number of ether oxygens (including phenoxy) is 1. The van der Waals surface area contributed by atoms with Gasteiger partial charge in [0.25, 0.3) is 0 Å². The summed E-state index contributed by atoms with van der Waals surface area (Å²) in [5.41, 5.74) is 2.31. The van der Waals surface area contributed by atoms with E-state index in [1.165, 1.54) is 31.4 Å². The van der Waals surface area contributed by atoms with Crippen molar-refractivity contribution in [2.75, 3.05) is 4.90 Å². The number of hydrogen-bond donors (Lipinski definition) is 1. The third kappa shape index (κ3) is 2.22. The number of nitrogens with zero attached hydrogens (tertiary/aromatic N) is 1. The molecule has 2 aromatic rings. The van der Waals surface area contributed by atoms with Gasteiger partial charge in [-0.05, 0) is 49.9 Å². The van der Waals surface area contributed by atoms with Gasteiger partial charge in [0.2, 0.25) is 0 Å². The lowest BCUT2D eigenvalue weighted by atomic mass is 9.96. The number of hydrogen-bond acceptors (Lipinski definition) is 3. The zero-order valence-corrected chi connectivity index (χ0v) is 13.6. The summed E-state index contributed by atoms with van der Waals surface area (Å²) >= 11 is 6.19. The van der Waals surface area contributed by atoms with Gasteiger partial charge in [0.15, 0.2) is 11.5 Å². The Kier molecular flexibility index (Phi) is 3.07. The van der Waals surface area contributed by atoms with Gasteiger partial charge in [-0.2, -0.15) is 0 Å². The van der Waals surface area contributed by atoms with Crippen LogP contribution in [-0.2, 0) is 0 Å². The Morgan fingerprint density at radius 2 is 1.70 bits per heavy atom. The highest BCUT2D eigenvalue weighted by Crippen LogP contribution is 2.50. The predicted octanol–water partition coefficient (Wildman–Crippen LogP) is 4.87. The lowest BCUT2D eigenvalue weighted by Crippen LogP contribution is -2.47. The Morgan fingerprint density at radius 1 is 0.957 bits per heavy atom. The number of halogens is 1. The standard InChI is InChI=1S/C19H19ClN2O/c20-12-5-8-17-19(9-12)23-18-4-2-1-3-16(18)22(17)15-10-13-6-7-14(11-15)21-13/h1-5,8-9,13-15,21H,6-7,10-11H2. The average Bonchev–Trinajstić information content (AvgIpc) is 2.90. The Labute approximate surface area is 141 Å². The summed E-state index contributed by atoms with van der Waals surface area (Å²) in [5, 5.41) is 4.45. The number of nitrogens with one attached hydrogen (secondary N) is 1. The number of para-hydroxylation sites is 2. The normalized spacial score (nSPS) is 28.0. The first-order valence-corrected chi connectivity index (χ1v) is 8.77. The Balaban J connectivity index is 1.62. The van der Waals surface area contributed by atoms with Gasteiger partial charge in [-0.15, -0.1) is 0 Å². The molecule has 0 saturated carbocycles. The van der Waals surface area contributed by atoms with Gasteiger partial charge < -0.3 is 15.0 Å². The SMILES string of the molecule is Clc1ccc2c(c1)Oc1ccccc1N2C1CC2CCC(C1)N2. The lowest BCUT2D eigenvalue weighted by Gasteiger charge is -2.42. The average molecular weight is 327 g/mol. The summed E-state index contributed by atoms with van der Waals surface area (Å²) in [4.78, 5) is 2.48. The molecule has 5 rings (SSSR count). The van der Waals surface area contributed by atoms with Gasteiger partial charge in [0.1, 0.15) is 0 Å². The van der Waals surface area contributed by atoms with Crippen molar-refractivity contribution in [3.05, 3.63) is 47.5 Å². The van der Waals surface area contributed by atoms with E-state index in [9.17, 15) is 0 Å². The van der Waals surface area contributed by atoms with Crippen molar-refractivity contribution < 1.29 is 4.74 Å². The molecule has 2 bridgehead atoms. The van der Waals surface area contributed by atoms with Gasteiger partial charge in [-0.25, -0.2) is 0 Å². The molecule has 3 aliphatic rings. The van der Waals surface area contributed by atoms with E-state index in [0.29, 0.717) is 23.1 Å². The van der Waals surface area contributed by atoms with Crippen LogP contribution in [0.2, 0.25) is 5.02 Å². The van der Waals surface area contributed by atoms with Crippen molar-refractivity contribution in [3.8, 4) is 11.5 Å². The van der Waals surface area contributed by atoms with Crippen LogP contribution >= 0.6 is 11.6 Å². The van der Waals surface area contributed by atoms with E-state index in [1.807, 2.05) is 24.3 Å². The summed E-state index contributed by atoms with van der Waals surface area (Å²) in [6.45, 7) is 0. The van der Waals surface area contributed by atoms with Crippen molar-refractivity contribution >= 4 is 23.0 Å². The third-order valence-electron chi connectivity index (χ3n) is 5.34. The van der Waals surface area contributed by atoms with Crippen LogP contribution in [0.4, 0.5) is 11.4 Å². The fourth-order valence-corrected chi connectivity index (χ4v) is 4.55. The van der Waals surface area contributed by atoms with Gasteiger partial charge in [0, 0.05) is 29.2 Å². The number of fused-ring (bicyclic) bond motifs is 4. The fourth-order valence-electron chi connectivity index (χ4n) is 4.39. The van der Waals surface area contributed by atoms with Crippen molar-refractivity contribution in [2.45, 2.75) is 43.8 Å². The van der Waals surface area contributed by atoms with Crippen LogP contribution in [0, 0.1) is 0 Å². The maximum atomic E-state index is 6.19. The van der Waals surface area contributed by atoms with Crippen molar-refractivity contribution in [2.24, 2.45) is 0 Å². The molecule has 3 heterocycles. The lowest BCUT2D eigenvalue weighted by molar-refractivity contribution is 0.353. The molecule has 1 N–H and O–H groups in total. The number of benzene rings is 2. The summed E-state index contributed by atoms with van der Waals surface area (Å²) in [5.74, 6) is 1.79. The minimum absolute atomic E-state index is 0.513. The highest BCUT2D eigenvalue weighted by Gasteiger charge is 2.39. The minimum atomic E-state index is 0.513. The summed E-state index contributed by atoms with van der Waals surface area (Å²) in [6.07, 6.45) is 4.99. The number of anilines is 2. The molecule has 4 heteroatoms. The molecule has 3 nitrogen and oxygen atoms in total. The second kappa shape index (κ2) is 5.15.